The minimum Gasteiger partial charge on any atom is -0.445 e. The van der Waals surface area contributed by atoms with E-state index in [1.807, 2.05) is 60.7 Å². The average Bonchev–Trinajstić information content (AvgIpc) is 3.87. The minimum atomic E-state index is -3.56. The number of benzene rings is 4. The highest BCUT2D eigenvalue weighted by Crippen LogP contribution is 2.24. The van der Waals surface area contributed by atoms with Gasteiger partial charge in [0, 0.05) is 24.5 Å². The fourth-order valence-corrected chi connectivity index (χ4v) is 8.00. The molecule has 2 atom stereocenters. The van der Waals surface area contributed by atoms with Crippen LogP contribution < -0.4 is 10.6 Å². The molecule has 0 aromatic heterocycles. The van der Waals surface area contributed by atoms with E-state index in [1.165, 1.54) is 9.80 Å². The highest BCUT2D eigenvalue weighted by molar-refractivity contribution is 7.89. The van der Waals surface area contributed by atoms with Gasteiger partial charge in [0.2, 0.25) is 11.8 Å². The number of carbonyl (C=O) groups is 4. The standard InChI is InChI=1S/C40H42N4O8S/c45-37(35-13-7-23-43(35)39(47)51-25-29-9-3-1-4-10-29)41-33-19-15-31(16-20-33)27-53(49,50)28-32-17-21-34(22-18-32)42-38(46)36-14-8-24-44(36)40(48)52-26-30-11-5-2-6-12-30/h1-6,9-12,15-22,35-36H,7-8,13-14,23-28H2,(H,41,45)(H,42,46)/t35-,36-/m0/s1. The first kappa shape index (κ1) is 37.1. The van der Waals surface area contributed by atoms with Crippen LogP contribution in [0.2, 0.25) is 0 Å². The van der Waals surface area contributed by atoms with Gasteiger partial charge in [-0.2, -0.15) is 0 Å². The van der Waals surface area contributed by atoms with Gasteiger partial charge < -0.3 is 20.1 Å². The molecule has 2 saturated heterocycles. The predicted molar refractivity (Wildman–Crippen MR) is 199 cm³/mol. The Labute approximate surface area is 309 Å². The Morgan fingerprint density at radius 3 is 1.30 bits per heavy atom. The van der Waals surface area contributed by atoms with E-state index in [1.54, 1.807) is 48.5 Å². The molecule has 6 rings (SSSR count). The third-order valence-corrected chi connectivity index (χ3v) is 10.8. The normalized spacial score (nSPS) is 16.9. The smallest absolute Gasteiger partial charge is 0.410 e. The number of amides is 4. The van der Waals surface area contributed by atoms with Gasteiger partial charge in [-0.15, -0.1) is 0 Å². The Hall–Kier alpha value is -5.69. The maximum atomic E-state index is 13.1. The lowest BCUT2D eigenvalue weighted by molar-refractivity contribution is -0.120. The number of likely N-dealkylation sites (tertiary alicyclic amines) is 2. The van der Waals surface area contributed by atoms with Crippen molar-refractivity contribution in [2.24, 2.45) is 0 Å². The fourth-order valence-electron chi connectivity index (χ4n) is 6.50. The quantitative estimate of drug-likeness (QED) is 0.172. The molecular formula is C40H42N4O8S. The van der Waals surface area contributed by atoms with E-state index in [0.717, 1.165) is 11.1 Å². The predicted octanol–water partition coefficient (Wildman–Crippen LogP) is 6.28. The number of ether oxygens (including phenoxy) is 2. The molecule has 0 spiro atoms. The van der Waals surface area contributed by atoms with Crippen LogP contribution in [0.25, 0.3) is 0 Å². The van der Waals surface area contributed by atoms with Crippen molar-refractivity contribution in [1.82, 2.24) is 9.80 Å². The van der Waals surface area contributed by atoms with Gasteiger partial charge in [-0.05, 0) is 72.2 Å². The van der Waals surface area contributed by atoms with Crippen molar-refractivity contribution in [1.29, 1.82) is 0 Å². The summed E-state index contributed by atoms with van der Waals surface area (Å²) in [6.45, 7) is 1.09. The number of rotatable bonds is 12. The Morgan fingerprint density at radius 2 is 0.925 bits per heavy atom. The van der Waals surface area contributed by atoms with Crippen LogP contribution in [0.4, 0.5) is 21.0 Å². The second-order valence-electron chi connectivity index (χ2n) is 13.2. The first-order valence-corrected chi connectivity index (χ1v) is 19.4. The van der Waals surface area contributed by atoms with Crippen LogP contribution in [0.15, 0.2) is 109 Å². The van der Waals surface area contributed by atoms with Crippen molar-refractivity contribution in [3.8, 4) is 0 Å². The van der Waals surface area contributed by atoms with Crippen molar-refractivity contribution in [3.63, 3.8) is 0 Å². The molecule has 276 valence electrons. The van der Waals surface area contributed by atoms with Gasteiger partial charge >= 0.3 is 12.2 Å². The van der Waals surface area contributed by atoms with Gasteiger partial charge in [0.05, 0.1) is 11.5 Å². The van der Waals surface area contributed by atoms with Crippen LogP contribution >= 0.6 is 0 Å². The van der Waals surface area contributed by atoms with E-state index in [9.17, 15) is 27.6 Å². The molecule has 4 aromatic rings. The monoisotopic (exact) mass is 738 g/mol. The van der Waals surface area contributed by atoms with Crippen molar-refractivity contribution in [2.75, 3.05) is 23.7 Å². The van der Waals surface area contributed by atoms with Gasteiger partial charge in [0.25, 0.3) is 0 Å². The lowest BCUT2D eigenvalue weighted by Gasteiger charge is -2.23. The van der Waals surface area contributed by atoms with Crippen LogP contribution in [0.5, 0.6) is 0 Å². The molecular weight excluding hydrogens is 697 g/mol. The highest BCUT2D eigenvalue weighted by Gasteiger charge is 2.36. The summed E-state index contributed by atoms with van der Waals surface area (Å²) in [4.78, 5) is 54.5. The number of hydrogen-bond donors (Lipinski definition) is 2. The summed E-state index contributed by atoms with van der Waals surface area (Å²) in [6, 6.07) is 30.5. The van der Waals surface area contributed by atoms with E-state index in [2.05, 4.69) is 10.6 Å². The Kier molecular flexibility index (Phi) is 12.0. The SMILES string of the molecule is O=C(Nc1ccc(CS(=O)(=O)Cc2ccc(NC(=O)[C@@H]3CCCN3C(=O)OCc3ccccc3)cc2)cc1)[C@@H]1CCCN1C(=O)OCc1ccccc1. The van der Waals surface area contributed by atoms with Gasteiger partial charge in [0.1, 0.15) is 25.3 Å². The number of carbonyl (C=O) groups excluding carboxylic acids is 4. The Bertz CT molecular complexity index is 1850. The van der Waals surface area contributed by atoms with E-state index >= 15 is 0 Å². The Morgan fingerprint density at radius 1 is 0.547 bits per heavy atom. The molecule has 4 amide bonds. The van der Waals surface area contributed by atoms with Gasteiger partial charge in [-0.1, -0.05) is 84.9 Å². The van der Waals surface area contributed by atoms with Crippen LogP contribution in [0.3, 0.4) is 0 Å². The number of nitrogens with zero attached hydrogens (tertiary/aromatic N) is 2. The summed E-state index contributed by atoms with van der Waals surface area (Å²) in [5.41, 5.74) is 3.81. The summed E-state index contributed by atoms with van der Waals surface area (Å²) in [5, 5.41) is 5.67. The molecule has 2 N–H and O–H groups in total. The largest absolute Gasteiger partial charge is 0.445 e. The molecule has 12 nitrogen and oxygen atoms in total. The Balaban J connectivity index is 0.958. The highest BCUT2D eigenvalue weighted by atomic mass is 32.2. The van der Waals surface area contributed by atoms with Gasteiger partial charge in [-0.3, -0.25) is 19.4 Å². The zero-order valence-corrected chi connectivity index (χ0v) is 30.0. The molecule has 53 heavy (non-hydrogen) atoms. The number of anilines is 2. The molecule has 0 radical (unpaired) electrons. The molecule has 2 fully saturated rings. The molecule has 4 aromatic carbocycles. The van der Waals surface area contributed by atoms with Crippen LogP contribution in [0, 0.1) is 0 Å². The molecule has 0 aliphatic carbocycles. The van der Waals surface area contributed by atoms with Crippen molar-refractivity contribution in [2.45, 2.75) is 62.5 Å². The second-order valence-corrected chi connectivity index (χ2v) is 15.3. The number of sulfone groups is 1. The van der Waals surface area contributed by atoms with E-state index in [0.29, 0.717) is 61.3 Å². The first-order valence-electron chi connectivity index (χ1n) is 17.6. The maximum Gasteiger partial charge on any atom is 0.410 e. The second kappa shape index (κ2) is 17.2. The molecule has 0 bridgehead atoms. The average molecular weight is 739 g/mol. The third kappa shape index (κ3) is 10.2. The summed E-state index contributed by atoms with van der Waals surface area (Å²) in [5.74, 6) is -1.08. The molecule has 2 aliphatic rings. The minimum absolute atomic E-state index is 0.120. The van der Waals surface area contributed by atoms with Gasteiger partial charge in [-0.25, -0.2) is 18.0 Å². The summed E-state index contributed by atoms with van der Waals surface area (Å²) in [7, 11) is -3.56. The zero-order valence-electron chi connectivity index (χ0n) is 29.2. The summed E-state index contributed by atoms with van der Waals surface area (Å²) in [6.07, 6.45) is 1.31. The van der Waals surface area contributed by atoms with Crippen LogP contribution in [-0.4, -0.2) is 67.4 Å². The lowest BCUT2D eigenvalue weighted by Crippen LogP contribution is -2.43. The van der Waals surface area contributed by atoms with Crippen LogP contribution in [0.1, 0.15) is 47.9 Å². The van der Waals surface area contributed by atoms with Gasteiger partial charge in [0.15, 0.2) is 9.84 Å². The topological polar surface area (TPSA) is 151 Å². The molecule has 2 heterocycles. The maximum absolute atomic E-state index is 13.1. The zero-order chi connectivity index (χ0) is 37.2. The van der Waals surface area contributed by atoms with Crippen molar-refractivity contribution >= 4 is 45.2 Å². The fraction of sp³-hybridized carbons (Fsp3) is 0.300. The van der Waals surface area contributed by atoms with Crippen molar-refractivity contribution in [3.05, 3.63) is 131 Å². The lowest BCUT2D eigenvalue weighted by atomic mass is 10.2. The first-order chi connectivity index (χ1) is 25.6. The van der Waals surface area contributed by atoms with E-state index in [-0.39, 0.29) is 36.5 Å². The summed E-state index contributed by atoms with van der Waals surface area (Å²) >= 11 is 0. The van der Waals surface area contributed by atoms with E-state index in [4.69, 9.17) is 9.47 Å². The molecule has 0 unspecified atom stereocenters. The molecule has 0 saturated carbocycles. The van der Waals surface area contributed by atoms with Crippen molar-refractivity contribution < 1.29 is 37.1 Å². The third-order valence-electron chi connectivity index (χ3n) is 9.21. The molecule has 13 heteroatoms. The summed E-state index contributed by atoms with van der Waals surface area (Å²) < 4.78 is 37.1. The number of nitrogens with one attached hydrogen (secondary N) is 2. The number of hydrogen-bond acceptors (Lipinski definition) is 8. The van der Waals surface area contributed by atoms with E-state index < -0.39 is 34.1 Å². The molecule has 2 aliphatic heterocycles. The van der Waals surface area contributed by atoms with Crippen LogP contribution in [-0.2, 0) is 53.6 Å².